The predicted molar refractivity (Wildman–Crippen MR) is 69.2 cm³/mol. The minimum atomic E-state index is -4.58. The standard InChI is InChI=1S/C14H17F5N2/c15-4-3-13(21-7-5-20-6-8-21)11-9-10(16)1-2-12(11)14(17,18)19/h1-2,9,13,20H,3-8H2/t13-/m1/s1. The van der Waals surface area contributed by atoms with E-state index in [4.69, 9.17) is 0 Å². The molecule has 1 aliphatic rings. The van der Waals surface area contributed by atoms with E-state index in [2.05, 4.69) is 5.32 Å². The lowest BCUT2D eigenvalue weighted by Gasteiger charge is -2.36. The van der Waals surface area contributed by atoms with Crippen molar-refractivity contribution in [2.24, 2.45) is 0 Å². The molecule has 1 fully saturated rings. The number of nitrogens with zero attached hydrogens (tertiary/aromatic N) is 1. The Morgan fingerprint density at radius 1 is 1.19 bits per heavy atom. The number of alkyl halides is 4. The number of halogens is 5. The van der Waals surface area contributed by atoms with Crippen molar-refractivity contribution < 1.29 is 22.0 Å². The van der Waals surface area contributed by atoms with E-state index in [1.807, 2.05) is 0 Å². The Labute approximate surface area is 119 Å². The van der Waals surface area contributed by atoms with Crippen LogP contribution >= 0.6 is 0 Å². The van der Waals surface area contributed by atoms with E-state index >= 15 is 0 Å². The van der Waals surface area contributed by atoms with Crippen molar-refractivity contribution in [2.75, 3.05) is 32.9 Å². The molecule has 0 bridgehead atoms. The molecule has 1 aliphatic heterocycles. The molecule has 1 saturated heterocycles. The van der Waals surface area contributed by atoms with E-state index in [9.17, 15) is 22.0 Å². The summed E-state index contributed by atoms with van der Waals surface area (Å²) in [4.78, 5) is 1.78. The summed E-state index contributed by atoms with van der Waals surface area (Å²) in [6.45, 7) is 1.53. The van der Waals surface area contributed by atoms with Crippen LogP contribution in [0.2, 0.25) is 0 Å². The molecule has 1 aromatic carbocycles. The maximum atomic E-state index is 13.4. The van der Waals surface area contributed by atoms with Gasteiger partial charge in [-0.2, -0.15) is 13.2 Å². The summed E-state index contributed by atoms with van der Waals surface area (Å²) in [5, 5.41) is 3.09. The minimum absolute atomic E-state index is 0.0769. The lowest BCUT2D eigenvalue weighted by Crippen LogP contribution is -2.45. The van der Waals surface area contributed by atoms with Gasteiger partial charge in [-0.1, -0.05) is 0 Å². The Bertz CT molecular complexity index is 469. The molecule has 118 valence electrons. The third kappa shape index (κ3) is 3.91. The molecule has 1 heterocycles. The number of benzene rings is 1. The van der Waals surface area contributed by atoms with Crippen LogP contribution in [0.5, 0.6) is 0 Å². The van der Waals surface area contributed by atoms with Crippen molar-refractivity contribution in [3.63, 3.8) is 0 Å². The van der Waals surface area contributed by atoms with Crippen molar-refractivity contribution >= 4 is 0 Å². The highest BCUT2D eigenvalue weighted by Crippen LogP contribution is 2.38. The highest BCUT2D eigenvalue weighted by molar-refractivity contribution is 5.33. The normalized spacial score (nSPS) is 18.7. The summed E-state index contributed by atoms with van der Waals surface area (Å²) in [5.74, 6) is -0.739. The first-order valence-electron chi connectivity index (χ1n) is 6.81. The third-order valence-corrected chi connectivity index (χ3v) is 3.65. The molecule has 0 saturated carbocycles. The van der Waals surface area contributed by atoms with E-state index in [-0.39, 0.29) is 12.0 Å². The summed E-state index contributed by atoms with van der Waals surface area (Å²) in [5.41, 5.74) is -1.07. The predicted octanol–water partition coefficient (Wildman–Crippen LogP) is 3.15. The van der Waals surface area contributed by atoms with Gasteiger partial charge >= 0.3 is 6.18 Å². The van der Waals surface area contributed by atoms with Gasteiger partial charge < -0.3 is 5.32 Å². The second kappa shape index (κ2) is 6.70. The summed E-state index contributed by atoms with van der Waals surface area (Å²) < 4.78 is 65.5. The van der Waals surface area contributed by atoms with Gasteiger partial charge in [0.1, 0.15) is 5.82 Å². The molecule has 1 N–H and O–H groups in total. The van der Waals surface area contributed by atoms with Crippen molar-refractivity contribution in [1.29, 1.82) is 0 Å². The fourth-order valence-corrected chi connectivity index (χ4v) is 2.70. The van der Waals surface area contributed by atoms with Crippen LogP contribution in [0.1, 0.15) is 23.6 Å². The molecular formula is C14H17F5N2. The zero-order valence-corrected chi connectivity index (χ0v) is 11.4. The Kier molecular flexibility index (Phi) is 5.16. The maximum Gasteiger partial charge on any atom is 0.416 e. The Balaban J connectivity index is 2.40. The topological polar surface area (TPSA) is 15.3 Å². The maximum absolute atomic E-state index is 13.4. The van der Waals surface area contributed by atoms with E-state index in [1.54, 1.807) is 4.90 Å². The number of piperazine rings is 1. The van der Waals surface area contributed by atoms with Crippen molar-refractivity contribution in [3.8, 4) is 0 Å². The van der Waals surface area contributed by atoms with Crippen LogP contribution in [-0.2, 0) is 6.18 Å². The summed E-state index contributed by atoms with van der Waals surface area (Å²) in [6, 6.07) is 1.64. The zero-order valence-electron chi connectivity index (χ0n) is 11.4. The SMILES string of the molecule is FCC[C@H](c1cc(F)ccc1C(F)(F)F)N1CCNCC1. The van der Waals surface area contributed by atoms with Crippen LogP contribution in [0.15, 0.2) is 18.2 Å². The highest BCUT2D eigenvalue weighted by atomic mass is 19.4. The molecule has 0 spiro atoms. The Hall–Kier alpha value is -1.21. The average Bonchev–Trinajstić information content (AvgIpc) is 2.44. The first kappa shape index (κ1) is 16.2. The first-order valence-corrected chi connectivity index (χ1v) is 6.81. The Morgan fingerprint density at radius 2 is 1.86 bits per heavy atom. The summed E-state index contributed by atoms with van der Waals surface area (Å²) >= 11 is 0. The minimum Gasteiger partial charge on any atom is -0.314 e. The second-order valence-corrected chi connectivity index (χ2v) is 5.01. The zero-order chi connectivity index (χ0) is 15.5. The Morgan fingerprint density at radius 3 is 2.43 bits per heavy atom. The molecule has 0 aromatic heterocycles. The number of nitrogens with one attached hydrogen (secondary N) is 1. The van der Waals surface area contributed by atoms with Gasteiger partial charge in [0.25, 0.3) is 0 Å². The molecule has 0 radical (unpaired) electrons. The van der Waals surface area contributed by atoms with E-state index in [0.717, 1.165) is 18.2 Å². The lowest BCUT2D eigenvalue weighted by atomic mass is 9.95. The molecule has 1 aromatic rings. The van der Waals surface area contributed by atoms with Crippen LogP contribution in [0.3, 0.4) is 0 Å². The second-order valence-electron chi connectivity index (χ2n) is 5.01. The summed E-state index contributed by atoms with van der Waals surface area (Å²) in [7, 11) is 0. The molecule has 21 heavy (non-hydrogen) atoms. The largest absolute Gasteiger partial charge is 0.416 e. The van der Waals surface area contributed by atoms with Crippen LogP contribution in [0.4, 0.5) is 22.0 Å². The average molecular weight is 308 g/mol. The van der Waals surface area contributed by atoms with E-state index in [0.29, 0.717) is 26.2 Å². The van der Waals surface area contributed by atoms with Crippen LogP contribution < -0.4 is 5.32 Å². The smallest absolute Gasteiger partial charge is 0.314 e. The quantitative estimate of drug-likeness (QED) is 0.860. The first-order chi connectivity index (χ1) is 9.93. The molecule has 1 atom stereocenters. The van der Waals surface area contributed by atoms with Gasteiger partial charge in [0.15, 0.2) is 0 Å². The van der Waals surface area contributed by atoms with Crippen molar-refractivity contribution in [1.82, 2.24) is 10.2 Å². The summed E-state index contributed by atoms with van der Waals surface area (Å²) in [6.07, 6.45) is -4.65. The van der Waals surface area contributed by atoms with Gasteiger partial charge in [0.05, 0.1) is 12.2 Å². The third-order valence-electron chi connectivity index (χ3n) is 3.65. The lowest BCUT2D eigenvalue weighted by molar-refractivity contribution is -0.138. The molecule has 2 nitrogen and oxygen atoms in total. The van der Waals surface area contributed by atoms with Crippen LogP contribution in [0, 0.1) is 5.82 Å². The van der Waals surface area contributed by atoms with Gasteiger partial charge in [-0.05, 0) is 30.2 Å². The molecule has 0 unspecified atom stereocenters. The number of rotatable bonds is 4. The van der Waals surface area contributed by atoms with Gasteiger partial charge in [-0.25, -0.2) is 4.39 Å². The van der Waals surface area contributed by atoms with Gasteiger partial charge in [0.2, 0.25) is 0 Å². The molecular weight excluding hydrogens is 291 g/mol. The van der Waals surface area contributed by atoms with Crippen molar-refractivity contribution in [2.45, 2.75) is 18.6 Å². The fraction of sp³-hybridized carbons (Fsp3) is 0.571. The highest BCUT2D eigenvalue weighted by Gasteiger charge is 2.37. The van der Waals surface area contributed by atoms with E-state index < -0.39 is 30.3 Å². The van der Waals surface area contributed by atoms with Gasteiger partial charge in [-0.3, -0.25) is 9.29 Å². The van der Waals surface area contributed by atoms with Crippen LogP contribution in [-0.4, -0.2) is 37.8 Å². The fourth-order valence-electron chi connectivity index (χ4n) is 2.70. The molecule has 2 rings (SSSR count). The monoisotopic (exact) mass is 308 g/mol. The molecule has 7 heteroatoms. The van der Waals surface area contributed by atoms with Gasteiger partial charge in [-0.15, -0.1) is 0 Å². The van der Waals surface area contributed by atoms with E-state index in [1.165, 1.54) is 0 Å². The van der Waals surface area contributed by atoms with Gasteiger partial charge in [0, 0.05) is 32.2 Å². The molecule has 0 amide bonds. The molecule has 0 aliphatic carbocycles. The van der Waals surface area contributed by atoms with Crippen LogP contribution in [0.25, 0.3) is 0 Å². The number of hydrogen-bond donors (Lipinski definition) is 1. The van der Waals surface area contributed by atoms with Crippen molar-refractivity contribution in [3.05, 3.63) is 35.1 Å². The number of hydrogen-bond acceptors (Lipinski definition) is 2.